The van der Waals surface area contributed by atoms with Crippen LogP contribution in [-0.2, 0) is 16.0 Å². The molecule has 2 aliphatic rings. The van der Waals surface area contributed by atoms with Gasteiger partial charge in [0.1, 0.15) is 12.6 Å². The first-order chi connectivity index (χ1) is 18.0. The molecule has 1 aromatic heterocycles. The zero-order valence-corrected chi connectivity index (χ0v) is 20.3. The first kappa shape index (κ1) is 22.8. The first-order valence-electron chi connectivity index (χ1n) is 12.3. The monoisotopic (exact) mass is 494 g/mol. The molecular weight excluding hydrogens is 468 g/mol. The van der Waals surface area contributed by atoms with Crippen LogP contribution in [0.4, 0.5) is 0 Å². The van der Waals surface area contributed by atoms with E-state index in [-0.39, 0.29) is 24.1 Å². The fraction of sp³-hybridized carbons (Fsp3) is 0.207. The van der Waals surface area contributed by atoms with E-state index in [1.165, 1.54) is 17.3 Å². The Kier molecular flexibility index (Phi) is 5.64. The van der Waals surface area contributed by atoms with Gasteiger partial charge in [-0.05, 0) is 47.9 Å². The van der Waals surface area contributed by atoms with Crippen LogP contribution in [-0.4, -0.2) is 57.2 Å². The fourth-order valence-electron chi connectivity index (χ4n) is 5.35. The van der Waals surface area contributed by atoms with E-state index in [1.54, 1.807) is 17.0 Å². The minimum atomic E-state index is -0.672. The van der Waals surface area contributed by atoms with Crippen molar-refractivity contribution in [1.29, 1.82) is 0 Å². The third-order valence-electron chi connectivity index (χ3n) is 6.99. The quantitative estimate of drug-likeness (QED) is 0.410. The number of ether oxygens (including phenoxy) is 1. The van der Waals surface area contributed by atoms with Gasteiger partial charge >= 0.3 is 0 Å². The Morgan fingerprint density at radius 1 is 1.08 bits per heavy atom. The molecule has 8 nitrogen and oxygen atoms in total. The SMILES string of the molecule is CCOc1cc(C=NN2CC(=O)N3C(Cc4c([nH]c5ccccc45)C3c3ccccc3)C2=O)ccc1O. The number of phenols is 1. The lowest BCUT2D eigenvalue weighted by molar-refractivity contribution is -0.158. The van der Waals surface area contributed by atoms with Crippen LogP contribution < -0.4 is 4.74 Å². The van der Waals surface area contributed by atoms with E-state index in [0.717, 1.165) is 27.7 Å². The van der Waals surface area contributed by atoms with Crippen molar-refractivity contribution in [3.8, 4) is 11.5 Å². The van der Waals surface area contributed by atoms with Crippen molar-refractivity contribution in [3.63, 3.8) is 0 Å². The van der Waals surface area contributed by atoms with E-state index in [0.29, 0.717) is 24.3 Å². The van der Waals surface area contributed by atoms with Gasteiger partial charge in [0.25, 0.3) is 5.91 Å². The third-order valence-corrected chi connectivity index (χ3v) is 6.99. The first-order valence-corrected chi connectivity index (χ1v) is 12.3. The van der Waals surface area contributed by atoms with Crippen molar-refractivity contribution in [2.45, 2.75) is 25.4 Å². The Hall–Kier alpha value is -4.59. The summed E-state index contributed by atoms with van der Waals surface area (Å²) in [5.41, 5.74) is 4.59. The minimum absolute atomic E-state index is 0.0301. The molecule has 2 atom stereocenters. The van der Waals surface area contributed by atoms with Crippen LogP contribution in [0.25, 0.3) is 10.9 Å². The summed E-state index contributed by atoms with van der Waals surface area (Å²) in [5.74, 6) is -0.0248. The highest BCUT2D eigenvalue weighted by molar-refractivity contribution is 5.98. The maximum Gasteiger partial charge on any atom is 0.266 e. The van der Waals surface area contributed by atoms with Crippen molar-refractivity contribution in [1.82, 2.24) is 14.9 Å². The normalized spacial score (nSPS) is 19.4. The largest absolute Gasteiger partial charge is 0.504 e. The summed E-state index contributed by atoms with van der Waals surface area (Å²) >= 11 is 0. The van der Waals surface area contributed by atoms with Gasteiger partial charge < -0.3 is 19.7 Å². The van der Waals surface area contributed by atoms with Crippen LogP contribution in [0.3, 0.4) is 0 Å². The standard InChI is InChI=1S/C29H26N4O4/c1-2-37-25-14-18(12-13-24(25)34)16-30-32-17-26(35)33-23(29(32)36)15-21-20-10-6-7-11-22(20)31-27(21)28(33)19-8-4-3-5-9-19/h3-14,16,23,28,31,34H,2,15,17H2,1H3. The molecule has 1 fully saturated rings. The van der Waals surface area contributed by atoms with Crippen molar-refractivity contribution in [2.24, 2.45) is 5.10 Å². The number of aromatic nitrogens is 1. The van der Waals surface area contributed by atoms with Crippen LogP contribution in [0.1, 0.15) is 35.3 Å². The van der Waals surface area contributed by atoms with Gasteiger partial charge in [-0.15, -0.1) is 0 Å². The van der Waals surface area contributed by atoms with E-state index in [9.17, 15) is 14.7 Å². The Labute approximate surface area is 213 Å². The lowest BCUT2D eigenvalue weighted by atomic mass is 9.86. The number of aromatic hydroxyl groups is 1. The molecule has 6 rings (SSSR count). The molecule has 0 radical (unpaired) electrons. The highest BCUT2D eigenvalue weighted by atomic mass is 16.5. The molecular formula is C29H26N4O4. The molecule has 8 heteroatoms. The molecule has 37 heavy (non-hydrogen) atoms. The number of carbonyl (C=O) groups excluding carboxylic acids is 2. The predicted octanol–water partition coefficient (Wildman–Crippen LogP) is 3.99. The number of carbonyl (C=O) groups is 2. The number of piperazine rings is 1. The lowest BCUT2D eigenvalue weighted by Gasteiger charge is -2.45. The van der Waals surface area contributed by atoms with E-state index < -0.39 is 12.1 Å². The van der Waals surface area contributed by atoms with Gasteiger partial charge in [0.2, 0.25) is 5.91 Å². The third kappa shape index (κ3) is 3.91. The Bertz CT molecular complexity index is 1530. The number of hydrogen-bond acceptors (Lipinski definition) is 5. The van der Waals surface area contributed by atoms with Crippen molar-refractivity contribution >= 4 is 28.9 Å². The average molecular weight is 495 g/mol. The van der Waals surface area contributed by atoms with Gasteiger partial charge in [-0.1, -0.05) is 48.5 Å². The van der Waals surface area contributed by atoms with Crippen molar-refractivity contribution < 1.29 is 19.4 Å². The lowest BCUT2D eigenvalue weighted by Crippen LogP contribution is -2.61. The van der Waals surface area contributed by atoms with E-state index in [2.05, 4.69) is 10.1 Å². The van der Waals surface area contributed by atoms with E-state index >= 15 is 0 Å². The molecule has 0 saturated carbocycles. The van der Waals surface area contributed by atoms with Crippen LogP contribution in [0.15, 0.2) is 77.9 Å². The summed E-state index contributed by atoms with van der Waals surface area (Å²) in [6.45, 7) is 2.08. The van der Waals surface area contributed by atoms with E-state index in [4.69, 9.17) is 4.74 Å². The van der Waals surface area contributed by atoms with Crippen LogP contribution in [0, 0.1) is 0 Å². The summed E-state index contributed by atoms with van der Waals surface area (Å²) in [4.78, 5) is 32.6. The molecule has 0 aliphatic carbocycles. The smallest absolute Gasteiger partial charge is 0.266 e. The number of fused-ring (bicyclic) bond motifs is 4. The number of hydrazone groups is 1. The van der Waals surface area contributed by atoms with E-state index in [1.807, 2.05) is 61.5 Å². The summed E-state index contributed by atoms with van der Waals surface area (Å²) in [5, 5.41) is 16.6. The van der Waals surface area contributed by atoms with Crippen molar-refractivity contribution in [2.75, 3.05) is 13.2 Å². The average Bonchev–Trinajstić information content (AvgIpc) is 3.29. The number of rotatable bonds is 5. The maximum atomic E-state index is 13.7. The number of aromatic amines is 1. The number of nitrogens with one attached hydrogen (secondary N) is 1. The molecule has 2 N–H and O–H groups in total. The Morgan fingerprint density at radius 2 is 1.86 bits per heavy atom. The minimum Gasteiger partial charge on any atom is -0.504 e. The molecule has 1 saturated heterocycles. The molecule has 2 amide bonds. The zero-order valence-electron chi connectivity index (χ0n) is 20.3. The van der Waals surface area contributed by atoms with Gasteiger partial charge in [0.15, 0.2) is 11.5 Å². The molecule has 3 heterocycles. The number of benzene rings is 3. The predicted molar refractivity (Wildman–Crippen MR) is 140 cm³/mol. The number of amides is 2. The fourth-order valence-corrected chi connectivity index (χ4v) is 5.35. The summed E-state index contributed by atoms with van der Waals surface area (Å²) in [7, 11) is 0. The molecule has 186 valence electrons. The summed E-state index contributed by atoms with van der Waals surface area (Å²) < 4.78 is 5.44. The Morgan fingerprint density at radius 3 is 2.68 bits per heavy atom. The number of para-hydroxylation sites is 1. The highest BCUT2D eigenvalue weighted by Gasteiger charge is 2.48. The Balaban J connectivity index is 1.37. The second kappa shape index (κ2) is 9.13. The molecule has 3 aromatic carbocycles. The number of phenolic OH excluding ortho intramolecular Hbond substituents is 1. The second-order valence-corrected chi connectivity index (χ2v) is 9.20. The van der Waals surface area contributed by atoms with Gasteiger partial charge in [-0.25, -0.2) is 5.01 Å². The number of H-pyrrole nitrogens is 1. The van der Waals surface area contributed by atoms with Crippen LogP contribution >= 0.6 is 0 Å². The second-order valence-electron chi connectivity index (χ2n) is 9.20. The van der Waals surface area contributed by atoms with Crippen LogP contribution in [0.2, 0.25) is 0 Å². The topological polar surface area (TPSA) is 98.2 Å². The summed E-state index contributed by atoms with van der Waals surface area (Å²) in [6.07, 6.45) is 1.92. The molecule has 2 aliphatic heterocycles. The number of hydrogen-bond donors (Lipinski definition) is 2. The van der Waals surface area contributed by atoms with Crippen LogP contribution in [0.5, 0.6) is 11.5 Å². The molecule has 0 spiro atoms. The maximum absolute atomic E-state index is 13.7. The van der Waals surface area contributed by atoms with Gasteiger partial charge in [-0.2, -0.15) is 5.10 Å². The molecule has 4 aromatic rings. The number of nitrogens with zero attached hydrogens (tertiary/aromatic N) is 3. The molecule has 0 bridgehead atoms. The van der Waals surface area contributed by atoms with Gasteiger partial charge in [-0.3, -0.25) is 9.59 Å². The zero-order chi connectivity index (χ0) is 25.5. The van der Waals surface area contributed by atoms with Gasteiger partial charge in [0.05, 0.1) is 18.9 Å². The summed E-state index contributed by atoms with van der Waals surface area (Å²) in [6, 6.07) is 21.6. The van der Waals surface area contributed by atoms with Crippen molar-refractivity contribution in [3.05, 3.63) is 95.2 Å². The molecule has 2 unspecified atom stereocenters. The highest BCUT2D eigenvalue weighted by Crippen LogP contribution is 2.42. The van der Waals surface area contributed by atoms with Gasteiger partial charge in [0, 0.05) is 23.0 Å².